The summed E-state index contributed by atoms with van der Waals surface area (Å²) in [7, 11) is 0. The minimum atomic E-state index is -0.109. The van der Waals surface area contributed by atoms with E-state index in [9.17, 15) is 4.79 Å². The molecule has 0 radical (unpaired) electrons. The van der Waals surface area contributed by atoms with Crippen molar-refractivity contribution in [2.75, 3.05) is 5.32 Å². The molecule has 0 aliphatic heterocycles. The number of nitrogens with zero attached hydrogens (tertiary/aromatic N) is 1. The second kappa shape index (κ2) is 6.34. The summed E-state index contributed by atoms with van der Waals surface area (Å²) in [4.78, 5) is 16.3. The van der Waals surface area contributed by atoms with Crippen molar-refractivity contribution in [3.8, 4) is 0 Å². The molecule has 1 amide bonds. The van der Waals surface area contributed by atoms with E-state index >= 15 is 0 Å². The molecule has 0 saturated carbocycles. The highest BCUT2D eigenvalue weighted by Gasteiger charge is 2.08. The third-order valence-corrected chi connectivity index (χ3v) is 4.04. The van der Waals surface area contributed by atoms with Crippen LogP contribution in [0.2, 0.25) is 10.0 Å². The van der Waals surface area contributed by atoms with Crippen molar-refractivity contribution in [1.82, 2.24) is 4.98 Å². The van der Waals surface area contributed by atoms with Gasteiger partial charge in [-0.2, -0.15) is 0 Å². The highest BCUT2D eigenvalue weighted by molar-refractivity contribution is 6.42. The largest absolute Gasteiger partial charge is 0.325 e. The zero-order valence-corrected chi connectivity index (χ0v) is 13.0. The van der Waals surface area contributed by atoms with Crippen molar-refractivity contribution in [1.29, 1.82) is 0 Å². The van der Waals surface area contributed by atoms with E-state index in [0.29, 0.717) is 10.0 Å². The highest BCUT2D eigenvalue weighted by Crippen LogP contribution is 2.24. The van der Waals surface area contributed by atoms with Gasteiger partial charge in [-0.05, 0) is 29.8 Å². The Morgan fingerprint density at radius 3 is 2.77 bits per heavy atom. The smallest absolute Gasteiger partial charge is 0.228 e. The van der Waals surface area contributed by atoms with Crippen molar-refractivity contribution in [2.24, 2.45) is 0 Å². The first-order chi connectivity index (χ1) is 10.6. The molecule has 0 aliphatic rings. The standard InChI is InChI=1S/C17H12Cl2N2O/c18-14-5-4-11(8-15(14)19)9-17(22)21-16-3-1-2-12-10-20-7-6-13(12)16/h1-8,10H,9H2,(H,21,22). The van der Waals surface area contributed by atoms with E-state index in [0.717, 1.165) is 22.0 Å². The number of nitrogens with one attached hydrogen (secondary N) is 1. The van der Waals surface area contributed by atoms with E-state index in [4.69, 9.17) is 23.2 Å². The number of hydrogen-bond donors (Lipinski definition) is 1. The van der Waals surface area contributed by atoms with Gasteiger partial charge in [0.25, 0.3) is 0 Å². The average molecular weight is 331 g/mol. The molecule has 3 nitrogen and oxygen atoms in total. The Hall–Kier alpha value is -2.10. The van der Waals surface area contributed by atoms with Gasteiger partial charge in [-0.15, -0.1) is 0 Å². The quantitative estimate of drug-likeness (QED) is 0.754. The van der Waals surface area contributed by atoms with Crippen molar-refractivity contribution >= 4 is 45.6 Å². The number of carbonyl (C=O) groups is 1. The summed E-state index contributed by atoms with van der Waals surface area (Å²) in [6, 6.07) is 12.8. The number of amides is 1. The van der Waals surface area contributed by atoms with Gasteiger partial charge in [0.05, 0.1) is 16.5 Å². The zero-order chi connectivity index (χ0) is 15.5. The number of pyridine rings is 1. The van der Waals surface area contributed by atoms with Gasteiger partial charge in [-0.25, -0.2) is 0 Å². The lowest BCUT2D eigenvalue weighted by Gasteiger charge is -2.09. The number of halogens is 2. The number of rotatable bonds is 3. The summed E-state index contributed by atoms with van der Waals surface area (Å²) in [5, 5.41) is 5.79. The Morgan fingerprint density at radius 2 is 1.95 bits per heavy atom. The van der Waals surface area contributed by atoms with Crippen molar-refractivity contribution in [3.05, 3.63) is 70.5 Å². The maximum atomic E-state index is 12.2. The van der Waals surface area contributed by atoms with Crippen molar-refractivity contribution in [3.63, 3.8) is 0 Å². The number of aromatic nitrogens is 1. The van der Waals surface area contributed by atoms with Crippen LogP contribution in [0.4, 0.5) is 5.69 Å². The van der Waals surface area contributed by atoms with E-state index in [1.165, 1.54) is 0 Å². The minimum absolute atomic E-state index is 0.109. The lowest BCUT2D eigenvalue weighted by molar-refractivity contribution is -0.115. The van der Waals surface area contributed by atoms with Gasteiger partial charge in [0.15, 0.2) is 0 Å². The molecule has 1 heterocycles. The number of fused-ring (bicyclic) bond motifs is 1. The van der Waals surface area contributed by atoms with Gasteiger partial charge in [-0.3, -0.25) is 9.78 Å². The monoisotopic (exact) mass is 330 g/mol. The van der Waals surface area contributed by atoms with E-state index in [1.54, 1.807) is 30.6 Å². The van der Waals surface area contributed by atoms with Crippen molar-refractivity contribution in [2.45, 2.75) is 6.42 Å². The fourth-order valence-electron chi connectivity index (χ4n) is 2.26. The fourth-order valence-corrected chi connectivity index (χ4v) is 2.58. The second-order valence-corrected chi connectivity index (χ2v) is 5.69. The molecule has 110 valence electrons. The van der Waals surface area contributed by atoms with Crippen LogP contribution in [-0.2, 0) is 11.2 Å². The Kier molecular flexibility index (Phi) is 4.27. The van der Waals surface area contributed by atoms with Crippen LogP contribution in [0.3, 0.4) is 0 Å². The third kappa shape index (κ3) is 3.21. The molecular weight excluding hydrogens is 319 g/mol. The molecule has 2 aromatic carbocycles. The molecule has 22 heavy (non-hydrogen) atoms. The Bertz CT molecular complexity index is 844. The number of carbonyl (C=O) groups excluding carboxylic acids is 1. The average Bonchev–Trinajstić information content (AvgIpc) is 2.51. The van der Waals surface area contributed by atoms with Crippen LogP contribution in [-0.4, -0.2) is 10.9 Å². The summed E-state index contributed by atoms with van der Waals surface area (Å²) in [5.74, 6) is -0.109. The van der Waals surface area contributed by atoms with Crippen LogP contribution in [0.5, 0.6) is 0 Å². The van der Waals surface area contributed by atoms with Gasteiger partial charge >= 0.3 is 0 Å². The molecule has 0 fully saturated rings. The van der Waals surface area contributed by atoms with E-state index in [2.05, 4.69) is 10.3 Å². The molecule has 0 atom stereocenters. The first-order valence-corrected chi connectivity index (χ1v) is 7.45. The molecular formula is C17H12Cl2N2O. The fraction of sp³-hybridized carbons (Fsp3) is 0.0588. The summed E-state index contributed by atoms with van der Waals surface area (Å²) in [6.45, 7) is 0. The number of anilines is 1. The summed E-state index contributed by atoms with van der Waals surface area (Å²) < 4.78 is 0. The third-order valence-electron chi connectivity index (χ3n) is 3.30. The molecule has 1 N–H and O–H groups in total. The SMILES string of the molecule is O=C(Cc1ccc(Cl)c(Cl)c1)Nc1cccc2cnccc12. The van der Waals surface area contributed by atoms with Gasteiger partial charge in [0, 0.05) is 28.9 Å². The predicted octanol–water partition coefficient (Wildman–Crippen LogP) is 4.72. The van der Waals surface area contributed by atoms with Crippen LogP contribution in [0.15, 0.2) is 54.9 Å². The van der Waals surface area contributed by atoms with Gasteiger partial charge < -0.3 is 5.32 Å². The molecule has 3 aromatic rings. The molecule has 0 unspecified atom stereocenters. The molecule has 0 saturated heterocycles. The minimum Gasteiger partial charge on any atom is -0.325 e. The summed E-state index contributed by atoms with van der Waals surface area (Å²) in [6.07, 6.45) is 3.71. The summed E-state index contributed by atoms with van der Waals surface area (Å²) in [5.41, 5.74) is 1.58. The molecule has 0 aliphatic carbocycles. The Balaban J connectivity index is 1.80. The Morgan fingerprint density at radius 1 is 1.09 bits per heavy atom. The van der Waals surface area contributed by atoms with Gasteiger partial charge in [0.1, 0.15) is 0 Å². The van der Waals surface area contributed by atoms with Crippen molar-refractivity contribution < 1.29 is 4.79 Å². The van der Waals surface area contributed by atoms with E-state index in [1.807, 2.05) is 24.3 Å². The van der Waals surface area contributed by atoms with Crippen LogP contribution in [0, 0.1) is 0 Å². The van der Waals surface area contributed by atoms with Crippen LogP contribution in [0.25, 0.3) is 10.8 Å². The predicted molar refractivity (Wildman–Crippen MR) is 90.5 cm³/mol. The van der Waals surface area contributed by atoms with E-state index < -0.39 is 0 Å². The topological polar surface area (TPSA) is 42.0 Å². The Labute approximate surface area is 137 Å². The van der Waals surface area contributed by atoms with Gasteiger partial charge in [-0.1, -0.05) is 41.4 Å². The molecule has 0 bridgehead atoms. The maximum absolute atomic E-state index is 12.2. The van der Waals surface area contributed by atoms with Crippen LogP contribution < -0.4 is 5.32 Å². The van der Waals surface area contributed by atoms with E-state index in [-0.39, 0.29) is 12.3 Å². The molecule has 3 rings (SSSR count). The number of hydrogen-bond acceptors (Lipinski definition) is 2. The van der Waals surface area contributed by atoms with Gasteiger partial charge in [0.2, 0.25) is 5.91 Å². The second-order valence-electron chi connectivity index (χ2n) is 4.88. The molecule has 0 spiro atoms. The molecule has 5 heteroatoms. The normalized spacial score (nSPS) is 10.6. The molecule has 1 aromatic heterocycles. The lowest BCUT2D eigenvalue weighted by Crippen LogP contribution is -2.14. The number of benzene rings is 2. The first kappa shape index (κ1) is 14.8. The maximum Gasteiger partial charge on any atom is 0.228 e. The van der Waals surface area contributed by atoms with Crippen LogP contribution in [0.1, 0.15) is 5.56 Å². The lowest BCUT2D eigenvalue weighted by atomic mass is 10.1. The first-order valence-electron chi connectivity index (χ1n) is 6.70. The zero-order valence-electron chi connectivity index (χ0n) is 11.5. The summed E-state index contributed by atoms with van der Waals surface area (Å²) >= 11 is 11.8. The highest BCUT2D eigenvalue weighted by atomic mass is 35.5. The van der Waals surface area contributed by atoms with Crippen LogP contribution >= 0.6 is 23.2 Å².